The fraction of sp³-hybridized carbons (Fsp3) is 0.375. The number of nitrogens with one attached hydrogen (secondary N) is 1. The number of pyridine rings is 1. The van der Waals surface area contributed by atoms with Crippen LogP contribution in [0.15, 0.2) is 52.2 Å². The standard InChI is InChI=1S/C24H28N2O5S/c1-16-6-7-17(2)23-22(16)13-18(24(27)25-23)14-26(15-20-5-4-12-31-20)32(28,29)21-10-8-19(30-3)9-11-21/h6-11,13,20H,4-5,12,14-15H2,1-3H3,(H,25,27)/t20-/m0/s1. The van der Waals surface area contributed by atoms with Gasteiger partial charge >= 0.3 is 0 Å². The largest absolute Gasteiger partial charge is 0.497 e. The Balaban J connectivity index is 1.74. The van der Waals surface area contributed by atoms with Crippen LogP contribution >= 0.6 is 0 Å². The smallest absolute Gasteiger partial charge is 0.252 e. The molecule has 0 amide bonds. The molecule has 170 valence electrons. The molecule has 7 nitrogen and oxygen atoms in total. The predicted molar refractivity (Wildman–Crippen MR) is 124 cm³/mol. The van der Waals surface area contributed by atoms with Gasteiger partial charge in [-0.3, -0.25) is 4.79 Å². The van der Waals surface area contributed by atoms with Crippen LogP contribution in [0, 0.1) is 13.8 Å². The van der Waals surface area contributed by atoms with Gasteiger partial charge in [-0.25, -0.2) is 8.42 Å². The van der Waals surface area contributed by atoms with E-state index in [1.54, 1.807) is 12.1 Å². The van der Waals surface area contributed by atoms with E-state index in [1.807, 2.05) is 32.0 Å². The van der Waals surface area contributed by atoms with Gasteiger partial charge in [0, 0.05) is 30.6 Å². The Morgan fingerprint density at radius 1 is 1.12 bits per heavy atom. The SMILES string of the molecule is COc1ccc(S(=O)(=O)N(Cc2cc3c(C)ccc(C)c3[nH]c2=O)C[C@@H]2CCCO2)cc1. The Kier molecular flexibility index (Phi) is 6.37. The van der Waals surface area contributed by atoms with Crippen molar-refractivity contribution in [3.8, 4) is 5.75 Å². The second-order valence-corrected chi connectivity index (χ2v) is 10.2. The molecule has 0 unspecified atom stereocenters. The van der Waals surface area contributed by atoms with Crippen molar-refractivity contribution in [2.45, 2.75) is 44.2 Å². The number of aryl methyl sites for hydroxylation is 2. The van der Waals surface area contributed by atoms with Gasteiger partial charge in [-0.15, -0.1) is 0 Å². The lowest BCUT2D eigenvalue weighted by Gasteiger charge is -2.25. The summed E-state index contributed by atoms with van der Waals surface area (Å²) in [5, 5.41) is 0.915. The van der Waals surface area contributed by atoms with Gasteiger partial charge in [-0.1, -0.05) is 12.1 Å². The molecule has 1 aromatic heterocycles. The van der Waals surface area contributed by atoms with Crippen LogP contribution in [0.3, 0.4) is 0 Å². The van der Waals surface area contributed by atoms with Crippen molar-refractivity contribution in [2.24, 2.45) is 0 Å². The number of hydrogen-bond acceptors (Lipinski definition) is 5. The molecule has 1 aliphatic heterocycles. The maximum Gasteiger partial charge on any atom is 0.252 e. The van der Waals surface area contributed by atoms with Crippen LogP contribution in [-0.2, 0) is 21.3 Å². The van der Waals surface area contributed by atoms with E-state index >= 15 is 0 Å². The highest BCUT2D eigenvalue weighted by Crippen LogP contribution is 2.25. The number of aromatic amines is 1. The molecule has 2 aromatic carbocycles. The normalized spacial score (nSPS) is 16.7. The first-order valence-corrected chi connectivity index (χ1v) is 12.1. The van der Waals surface area contributed by atoms with E-state index in [0.29, 0.717) is 17.9 Å². The van der Waals surface area contributed by atoms with Crippen LogP contribution in [0.5, 0.6) is 5.75 Å². The van der Waals surface area contributed by atoms with Crippen molar-refractivity contribution >= 4 is 20.9 Å². The van der Waals surface area contributed by atoms with Crippen molar-refractivity contribution in [2.75, 3.05) is 20.3 Å². The van der Waals surface area contributed by atoms with Crippen molar-refractivity contribution < 1.29 is 17.9 Å². The van der Waals surface area contributed by atoms with Gasteiger partial charge in [0.1, 0.15) is 5.75 Å². The average Bonchev–Trinajstić information content (AvgIpc) is 3.30. The minimum atomic E-state index is -3.86. The third-order valence-electron chi connectivity index (χ3n) is 6.00. The molecule has 1 saturated heterocycles. The number of rotatable bonds is 7. The number of benzene rings is 2. The molecule has 0 spiro atoms. The number of ether oxygens (including phenoxy) is 2. The summed E-state index contributed by atoms with van der Waals surface area (Å²) in [6, 6.07) is 12.0. The Morgan fingerprint density at radius 3 is 2.50 bits per heavy atom. The van der Waals surface area contributed by atoms with Crippen LogP contribution in [0.4, 0.5) is 0 Å². The van der Waals surface area contributed by atoms with Crippen molar-refractivity contribution in [3.05, 3.63) is 69.5 Å². The zero-order chi connectivity index (χ0) is 22.9. The highest BCUT2D eigenvalue weighted by Gasteiger charge is 2.30. The van der Waals surface area contributed by atoms with Crippen LogP contribution in [0.1, 0.15) is 29.5 Å². The average molecular weight is 457 g/mol. The number of fused-ring (bicyclic) bond motifs is 1. The maximum absolute atomic E-state index is 13.5. The first kappa shape index (κ1) is 22.5. The van der Waals surface area contributed by atoms with Crippen LogP contribution in [-0.4, -0.2) is 44.1 Å². The summed E-state index contributed by atoms with van der Waals surface area (Å²) in [6.45, 7) is 4.69. The second-order valence-electron chi connectivity index (χ2n) is 8.22. The van der Waals surface area contributed by atoms with Crippen LogP contribution in [0.2, 0.25) is 0 Å². The first-order valence-electron chi connectivity index (χ1n) is 10.7. The molecule has 1 fully saturated rings. The number of nitrogens with zero attached hydrogens (tertiary/aromatic N) is 1. The van der Waals surface area contributed by atoms with E-state index in [-0.39, 0.29) is 29.6 Å². The zero-order valence-electron chi connectivity index (χ0n) is 18.6. The number of hydrogen-bond donors (Lipinski definition) is 1. The molecule has 4 rings (SSSR count). The molecule has 32 heavy (non-hydrogen) atoms. The minimum Gasteiger partial charge on any atom is -0.497 e. The second kappa shape index (κ2) is 9.05. The first-order chi connectivity index (χ1) is 15.3. The lowest BCUT2D eigenvalue weighted by atomic mass is 10.0. The molecule has 1 atom stereocenters. The molecule has 3 aromatic rings. The van der Waals surface area contributed by atoms with Crippen molar-refractivity contribution in [1.82, 2.24) is 9.29 Å². The Hall–Kier alpha value is -2.68. The summed E-state index contributed by atoms with van der Waals surface area (Å²) in [7, 11) is -2.32. The Bertz CT molecular complexity index is 1280. The number of H-pyrrole nitrogens is 1. The highest BCUT2D eigenvalue weighted by atomic mass is 32.2. The molecule has 0 bridgehead atoms. The van der Waals surface area contributed by atoms with Gasteiger partial charge in [-0.05, 0) is 68.1 Å². The lowest BCUT2D eigenvalue weighted by molar-refractivity contribution is 0.0925. The summed E-state index contributed by atoms with van der Waals surface area (Å²) in [5.74, 6) is 0.575. The summed E-state index contributed by atoms with van der Waals surface area (Å²) in [5.41, 5.74) is 2.89. The van der Waals surface area contributed by atoms with Gasteiger partial charge in [0.2, 0.25) is 10.0 Å². The highest BCUT2D eigenvalue weighted by molar-refractivity contribution is 7.89. The minimum absolute atomic E-state index is 0.0348. The third kappa shape index (κ3) is 4.44. The molecular weight excluding hydrogens is 428 g/mol. The quantitative estimate of drug-likeness (QED) is 0.588. The summed E-state index contributed by atoms with van der Waals surface area (Å²) in [4.78, 5) is 16.0. The number of sulfonamides is 1. The summed E-state index contributed by atoms with van der Waals surface area (Å²) < 4.78 is 39.3. The number of aromatic nitrogens is 1. The summed E-state index contributed by atoms with van der Waals surface area (Å²) >= 11 is 0. The van der Waals surface area contributed by atoms with E-state index in [1.165, 1.54) is 23.5 Å². The molecular formula is C24H28N2O5S. The zero-order valence-corrected chi connectivity index (χ0v) is 19.4. The van der Waals surface area contributed by atoms with E-state index in [4.69, 9.17) is 9.47 Å². The van der Waals surface area contributed by atoms with Crippen molar-refractivity contribution in [1.29, 1.82) is 0 Å². The van der Waals surface area contributed by atoms with Gasteiger partial charge in [0.05, 0.1) is 23.6 Å². The monoisotopic (exact) mass is 456 g/mol. The van der Waals surface area contributed by atoms with Gasteiger partial charge in [0.15, 0.2) is 0 Å². The molecule has 0 aliphatic carbocycles. The van der Waals surface area contributed by atoms with Crippen LogP contribution in [0.25, 0.3) is 10.9 Å². The van der Waals surface area contributed by atoms with Gasteiger partial charge in [0.25, 0.3) is 5.56 Å². The van der Waals surface area contributed by atoms with E-state index in [9.17, 15) is 13.2 Å². The lowest BCUT2D eigenvalue weighted by Crippen LogP contribution is -2.38. The number of methoxy groups -OCH3 is 1. The van der Waals surface area contributed by atoms with E-state index in [0.717, 1.165) is 34.9 Å². The van der Waals surface area contributed by atoms with Crippen molar-refractivity contribution in [3.63, 3.8) is 0 Å². The van der Waals surface area contributed by atoms with Gasteiger partial charge in [-0.2, -0.15) is 4.31 Å². The van der Waals surface area contributed by atoms with Gasteiger partial charge < -0.3 is 14.5 Å². The summed E-state index contributed by atoms with van der Waals surface area (Å²) in [6.07, 6.45) is 1.50. The molecule has 0 radical (unpaired) electrons. The third-order valence-corrected chi connectivity index (χ3v) is 7.82. The fourth-order valence-electron chi connectivity index (χ4n) is 4.09. The molecule has 1 N–H and O–H groups in total. The Morgan fingerprint density at radius 2 is 1.84 bits per heavy atom. The topological polar surface area (TPSA) is 88.7 Å². The molecule has 0 saturated carbocycles. The predicted octanol–water partition coefficient (Wildman–Crippen LogP) is 3.52. The molecule has 1 aliphatic rings. The maximum atomic E-state index is 13.5. The van der Waals surface area contributed by atoms with E-state index in [2.05, 4.69) is 4.98 Å². The fourth-order valence-corrected chi connectivity index (χ4v) is 5.54. The molecule has 8 heteroatoms. The van der Waals surface area contributed by atoms with Crippen LogP contribution < -0.4 is 10.3 Å². The molecule has 2 heterocycles. The Labute approximate surface area is 188 Å². The van der Waals surface area contributed by atoms with E-state index < -0.39 is 10.0 Å².